The highest BCUT2D eigenvalue weighted by atomic mass is 16.1. The minimum atomic E-state index is -0.426. The predicted molar refractivity (Wildman–Crippen MR) is 66.2 cm³/mol. The van der Waals surface area contributed by atoms with E-state index in [9.17, 15) is 4.79 Å². The summed E-state index contributed by atoms with van der Waals surface area (Å²) in [5, 5.41) is 0. The Hall–Kier alpha value is -2.15. The zero-order chi connectivity index (χ0) is 13.0. The Kier molecular flexibility index (Phi) is 2.56. The minimum Gasteiger partial charge on any atom is -0.289 e. The molecule has 2 rings (SSSR count). The molecule has 78 valence electrons. The van der Waals surface area contributed by atoms with E-state index in [0.29, 0.717) is 11.1 Å². The average Bonchev–Trinajstić information content (AvgIpc) is 2.47. The van der Waals surface area contributed by atoms with Gasteiger partial charge in [0.05, 0.1) is 2.74 Å². The topological polar surface area (TPSA) is 17.1 Å². The van der Waals surface area contributed by atoms with Crippen molar-refractivity contribution in [1.82, 2.24) is 0 Å². The second kappa shape index (κ2) is 5.08. The Morgan fingerprint density at radius 2 is 1.50 bits per heavy atom. The second-order valence-electron chi connectivity index (χ2n) is 3.31. The molecule has 0 saturated carbocycles. The molecule has 2 aromatic carbocycles. The fourth-order valence-corrected chi connectivity index (χ4v) is 1.31. The van der Waals surface area contributed by atoms with Gasteiger partial charge in [-0.3, -0.25) is 4.79 Å². The largest absolute Gasteiger partial charge is 0.289 e. The van der Waals surface area contributed by atoms with E-state index >= 15 is 0 Å². The molecule has 0 aliphatic heterocycles. The molecular formula is C15H12O. The minimum absolute atomic E-state index is 0.0514. The van der Waals surface area contributed by atoms with E-state index in [0.717, 1.165) is 0 Å². The van der Waals surface area contributed by atoms with Crippen LogP contribution in [0.25, 0.3) is 6.05 Å². The van der Waals surface area contributed by atoms with Crippen LogP contribution in [-0.2, 0) is 0 Å². The summed E-state index contributed by atoms with van der Waals surface area (Å²) in [6.45, 7) is 0. The van der Waals surface area contributed by atoms with Crippen LogP contribution in [0.1, 0.15) is 18.7 Å². The third-order valence-corrected chi connectivity index (χ3v) is 2.13. The van der Waals surface area contributed by atoms with Gasteiger partial charge in [0.15, 0.2) is 5.78 Å². The first kappa shape index (κ1) is 8.05. The molecule has 0 spiro atoms. The van der Waals surface area contributed by atoms with Crippen LogP contribution >= 0.6 is 0 Å². The maximum Gasteiger partial charge on any atom is 0.185 e. The Balaban J connectivity index is 2.37. The number of hydrogen-bond donors (Lipinski definition) is 0. The molecule has 0 heterocycles. The lowest BCUT2D eigenvalue weighted by Crippen LogP contribution is -1.92. The van der Waals surface area contributed by atoms with Gasteiger partial charge in [0.1, 0.15) is 0 Å². The van der Waals surface area contributed by atoms with Crippen molar-refractivity contribution in [1.29, 1.82) is 0 Å². The summed E-state index contributed by atoms with van der Waals surface area (Å²) < 4.78 is 15.7. The van der Waals surface area contributed by atoms with Crippen molar-refractivity contribution in [3.05, 3.63) is 77.8 Å². The number of benzene rings is 2. The van der Waals surface area contributed by atoms with Crippen molar-refractivity contribution in [2.24, 2.45) is 0 Å². The summed E-state index contributed by atoms with van der Waals surface area (Å²) in [6.07, 6.45) is 0. The fourth-order valence-electron chi connectivity index (χ4n) is 1.31. The van der Waals surface area contributed by atoms with Gasteiger partial charge in [0.2, 0.25) is 0 Å². The summed E-state index contributed by atoms with van der Waals surface area (Å²) >= 11 is 0. The Bertz CT molecular complexity index is 574. The molecule has 2 aromatic rings. The van der Waals surface area contributed by atoms with Gasteiger partial charge in [-0.05, 0) is 11.6 Å². The van der Waals surface area contributed by atoms with Crippen LogP contribution in [0, 0.1) is 0 Å². The highest BCUT2D eigenvalue weighted by Gasteiger charge is 1.98. The van der Waals surface area contributed by atoms with E-state index in [1.165, 1.54) is 0 Å². The molecule has 0 N–H and O–H groups in total. The Labute approximate surface area is 97.9 Å². The summed E-state index contributed by atoms with van der Waals surface area (Å²) in [6, 6.07) is 17.1. The highest BCUT2D eigenvalue weighted by Crippen LogP contribution is 2.05. The van der Waals surface area contributed by atoms with E-state index in [1.807, 2.05) is 12.1 Å². The lowest BCUT2D eigenvalue weighted by molar-refractivity contribution is 0.104. The lowest BCUT2D eigenvalue weighted by atomic mass is 10.1. The Morgan fingerprint density at radius 1 is 0.938 bits per heavy atom. The van der Waals surface area contributed by atoms with Gasteiger partial charge >= 0.3 is 0 Å². The smallest absolute Gasteiger partial charge is 0.185 e. The monoisotopic (exact) mass is 210 g/mol. The fraction of sp³-hybridized carbons (Fsp3) is 0. The molecule has 0 radical (unpaired) electrons. The maximum atomic E-state index is 12.0. The van der Waals surface area contributed by atoms with Crippen LogP contribution in [0.15, 0.2) is 66.7 Å². The van der Waals surface area contributed by atoms with E-state index < -0.39 is 5.78 Å². The third kappa shape index (κ3) is 2.67. The number of carbonyl (C=O) groups is 1. The first-order chi connectivity index (χ1) is 8.70. The van der Waals surface area contributed by atoms with Crippen LogP contribution < -0.4 is 0 Å². The van der Waals surface area contributed by atoms with Crippen LogP contribution in [0.4, 0.5) is 0 Å². The van der Waals surface area contributed by atoms with Crippen molar-refractivity contribution in [2.75, 3.05) is 0 Å². The summed E-state index contributed by atoms with van der Waals surface area (Å²) in [7, 11) is 0. The number of hydrogen-bond acceptors (Lipinski definition) is 1. The van der Waals surface area contributed by atoms with Gasteiger partial charge in [-0.2, -0.15) is 0 Å². The average molecular weight is 210 g/mol. The van der Waals surface area contributed by atoms with Crippen LogP contribution in [0.2, 0.25) is 0 Å². The first-order valence-corrected chi connectivity index (χ1v) is 5.03. The van der Waals surface area contributed by atoms with Crippen molar-refractivity contribution in [3.63, 3.8) is 0 Å². The van der Waals surface area contributed by atoms with Crippen molar-refractivity contribution in [3.8, 4) is 0 Å². The second-order valence-corrected chi connectivity index (χ2v) is 3.31. The summed E-state index contributed by atoms with van der Waals surface area (Å²) in [4.78, 5) is 12.0. The normalized spacial score (nSPS) is 13.5. The van der Waals surface area contributed by atoms with E-state index in [4.69, 9.17) is 2.74 Å². The molecule has 0 aliphatic rings. The van der Waals surface area contributed by atoms with Gasteiger partial charge in [0, 0.05) is 5.56 Å². The molecule has 0 amide bonds. The predicted octanol–water partition coefficient (Wildman–Crippen LogP) is 3.58. The third-order valence-electron chi connectivity index (χ3n) is 2.13. The van der Waals surface area contributed by atoms with Gasteiger partial charge < -0.3 is 0 Å². The summed E-state index contributed by atoms with van der Waals surface area (Å²) in [5.74, 6) is -0.426. The number of allylic oxidation sites excluding steroid dienone is 1. The van der Waals surface area contributed by atoms with Crippen LogP contribution in [-0.4, -0.2) is 5.78 Å². The first-order valence-electron chi connectivity index (χ1n) is 6.03. The standard InChI is InChI=1S/C15H12O/c16-15(14-9-5-2-6-10-14)12-11-13-7-3-1-4-8-13/h1-12H/b12-11-/i11D,12D. The van der Waals surface area contributed by atoms with Crippen LogP contribution in [0.5, 0.6) is 0 Å². The molecule has 0 atom stereocenters. The molecule has 0 saturated heterocycles. The van der Waals surface area contributed by atoms with E-state index in [2.05, 4.69) is 0 Å². The van der Waals surface area contributed by atoms with Crippen molar-refractivity contribution in [2.45, 2.75) is 0 Å². The van der Waals surface area contributed by atoms with E-state index in [-0.39, 0.29) is 12.1 Å². The molecule has 0 aliphatic carbocycles. The maximum absolute atomic E-state index is 12.0. The van der Waals surface area contributed by atoms with Crippen molar-refractivity contribution < 1.29 is 7.54 Å². The molecule has 1 heteroatoms. The van der Waals surface area contributed by atoms with Gasteiger partial charge in [0.25, 0.3) is 0 Å². The summed E-state index contributed by atoms with van der Waals surface area (Å²) in [5.41, 5.74) is 1.01. The molecule has 0 unspecified atom stereocenters. The zero-order valence-electron chi connectivity index (χ0n) is 10.7. The van der Waals surface area contributed by atoms with Gasteiger partial charge in [-0.25, -0.2) is 0 Å². The SMILES string of the molecule is [2H]/C(C(=O)c1ccccc1)=C(\[2H])c1ccccc1. The molecule has 1 nitrogen and oxygen atoms in total. The zero-order valence-corrected chi connectivity index (χ0v) is 8.68. The molecular weight excluding hydrogens is 196 g/mol. The van der Waals surface area contributed by atoms with Gasteiger partial charge in [-0.15, -0.1) is 0 Å². The number of ketones is 1. The molecule has 16 heavy (non-hydrogen) atoms. The number of rotatable bonds is 3. The Morgan fingerprint density at radius 3 is 2.12 bits per heavy atom. The van der Waals surface area contributed by atoms with Gasteiger partial charge in [-0.1, -0.05) is 66.7 Å². The highest BCUT2D eigenvalue weighted by molar-refractivity contribution is 6.06. The van der Waals surface area contributed by atoms with E-state index in [1.54, 1.807) is 48.5 Å². The quantitative estimate of drug-likeness (QED) is 0.559. The lowest BCUT2D eigenvalue weighted by Gasteiger charge is -1.94. The molecule has 0 fully saturated rings. The molecule has 0 aromatic heterocycles. The van der Waals surface area contributed by atoms with Crippen molar-refractivity contribution >= 4 is 11.8 Å². The molecule has 0 bridgehead atoms. The number of carbonyl (C=O) groups excluding carboxylic acids is 1. The van der Waals surface area contributed by atoms with Crippen LogP contribution in [0.3, 0.4) is 0 Å².